The molecule has 1 amide bonds. The molecular formula is C16H13N3O2S. The van der Waals surface area contributed by atoms with E-state index in [-0.39, 0.29) is 5.69 Å². The minimum absolute atomic E-state index is 0.204. The lowest BCUT2D eigenvalue weighted by Crippen LogP contribution is -2.12. The number of rotatable bonds is 3. The van der Waals surface area contributed by atoms with Gasteiger partial charge in [0.25, 0.3) is 5.91 Å². The van der Waals surface area contributed by atoms with Gasteiger partial charge in [0.05, 0.1) is 5.52 Å². The fourth-order valence-corrected chi connectivity index (χ4v) is 2.80. The molecule has 0 saturated heterocycles. The Kier molecular flexibility index (Phi) is 3.68. The molecule has 2 heterocycles. The molecule has 22 heavy (non-hydrogen) atoms. The molecule has 0 aliphatic heterocycles. The van der Waals surface area contributed by atoms with E-state index in [9.17, 15) is 9.00 Å². The molecule has 0 spiro atoms. The third-order valence-electron chi connectivity index (χ3n) is 3.33. The summed E-state index contributed by atoms with van der Waals surface area (Å²) in [5.74, 6) is -0.576. The third kappa shape index (κ3) is 2.60. The van der Waals surface area contributed by atoms with E-state index in [0.717, 1.165) is 21.4 Å². The van der Waals surface area contributed by atoms with Crippen molar-refractivity contribution in [2.24, 2.45) is 5.73 Å². The van der Waals surface area contributed by atoms with E-state index < -0.39 is 16.7 Å². The topological polar surface area (TPSA) is 85.9 Å². The molecule has 3 aromatic rings. The van der Waals surface area contributed by atoms with Crippen LogP contribution in [0.2, 0.25) is 0 Å². The molecular weight excluding hydrogens is 298 g/mol. The zero-order chi connectivity index (χ0) is 15.7. The number of fused-ring (bicyclic) bond motifs is 1. The molecule has 1 aromatic carbocycles. The number of pyridine rings is 2. The van der Waals surface area contributed by atoms with Crippen LogP contribution in [0.5, 0.6) is 0 Å². The summed E-state index contributed by atoms with van der Waals surface area (Å²) in [4.78, 5) is 20.6. The van der Waals surface area contributed by atoms with E-state index >= 15 is 0 Å². The van der Waals surface area contributed by atoms with Crippen LogP contribution in [0.3, 0.4) is 0 Å². The summed E-state index contributed by atoms with van der Waals surface area (Å²) in [6, 6.07) is 10.7. The first-order chi connectivity index (χ1) is 10.6. The predicted molar refractivity (Wildman–Crippen MR) is 85.8 cm³/mol. The normalized spacial score (nSPS) is 12.2. The summed E-state index contributed by atoms with van der Waals surface area (Å²) in [6.07, 6.45) is 4.99. The van der Waals surface area contributed by atoms with Gasteiger partial charge in [0.1, 0.15) is 5.69 Å². The van der Waals surface area contributed by atoms with Crippen molar-refractivity contribution in [1.82, 2.24) is 9.97 Å². The average molecular weight is 311 g/mol. The number of benzene rings is 1. The summed E-state index contributed by atoms with van der Waals surface area (Å²) in [7, 11) is -1.07. The first kappa shape index (κ1) is 14.3. The van der Waals surface area contributed by atoms with E-state index in [2.05, 4.69) is 9.97 Å². The second-order valence-electron chi connectivity index (χ2n) is 4.80. The number of amides is 1. The number of primary amides is 1. The van der Waals surface area contributed by atoms with Gasteiger partial charge in [-0.25, -0.2) is 4.98 Å². The number of carbonyl (C=O) groups excluding carboxylic acids is 1. The number of nitrogens with zero attached hydrogens (tertiary/aromatic N) is 2. The SMILES string of the molecule is CS(=O)c1cccc(-c2cncc3ccc(C(N)=O)nc23)c1. The largest absolute Gasteiger partial charge is 0.364 e. The minimum Gasteiger partial charge on any atom is -0.364 e. The Morgan fingerprint density at radius 2 is 2.00 bits per heavy atom. The van der Waals surface area contributed by atoms with Crippen LogP contribution < -0.4 is 5.73 Å². The molecule has 3 rings (SSSR count). The van der Waals surface area contributed by atoms with Crippen molar-refractivity contribution < 1.29 is 9.00 Å². The van der Waals surface area contributed by atoms with Gasteiger partial charge in [-0.3, -0.25) is 14.0 Å². The fraction of sp³-hybridized carbons (Fsp3) is 0.0625. The maximum Gasteiger partial charge on any atom is 0.267 e. The Labute approximate surface area is 129 Å². The first-order valence-electron chi connectivity index (χ1n) is 6.54. The molecule has 1 unspecified atom stereocenters. The number of hydrogen-bond donors (Lipinski definition) is 1. The van der Waals surface area contributed by atoms with Gasteiger partial charge in [0.15, 0.2) is 0 Å². The molecule has 0 bridgehead atoms. The number of hydrogen-bond acceptors (Lipinski definition) is 4. The van der Waals surface area contributed by atoms with Crippen LogP contribution in [0.25, 0.3) is 22.0 Å². The molecule has 0 aliphatic carbocycles. The summed E-state index contributed by atoms with van der Waals surface area (Å²) >= 11 is 0. The van der Waals surface area contributed by atoms with Gasteiger partial charge in [0, 0.05) is 45.3 Å². The Hall–Kier alpha value is -2.60. The quantitative estimate of drug-likeness (QED) is 0.803. The second-order valence-corrected chi connectivity index (χ2v) is 6.18. The monoisotopic (exact) mass is 311 g/mol. The number of carbonyl (C=O) groups is 1. The van der Waals surface area contributed by atoms with E-state index in [1.54, 1.807) is 36.8 Å². The molecule has 0 fully saturated rings. The zero-order valence-corrected chi connectivity index (χ0v) is 12.6. The van der Waals surface area contributed by atoms with Gasteiger partial charge in [-0.2, -0.15) is 0 Å². The molecule has 2 N–H and O–H groups in total. The number of nitrogens with two attached hydrogens (primary N) is 1. The van der Waals surface area contributed by atoms with E-state index in [1.165, 1.54) is 0 Å². The lowest BCUT2D eigenvalue weighted by Gasteiger charge is -2.07. The Balaban J connectivity index is 2.26. The van der Waals surface area contributed by atoms with Gasteiger partial charge >= 0.3 is 0 Å². The highest BCUT2D eigenvalue weighted by molar-refractivity contribution is 7.84. The van der Waals surface area contributed by atoms with Gasteiger partial charge < -0.3 is 5.73 Å². The van der Waals surface area contributed by atoms with Crippen molar-refractivity contribution in [3.8, 4) is 11.1 Å². The van der Waals surface area contributed by atoms with Crippen LogP contribution in [0, 0.1) is 0 Å². The van der Waals surface area contributed by atoms with E-state index in [1.807, 2.05) is 18.2 Å². The summed E-state index contributed by atoms with van der Waals surface area (Å²) < 4.78 is 11.7. The molecule has 1 atom stereocenters. The molecule has 5 nitrogen and oxygen atoms in total. The molecule has 0 aliphatic rings. The van der Waals surface area contributed by atoms with Crippen LogP contribution in [0.4, 0.5) is 0 Å². The van der Waals surface area contributed by atoms with Crippen molar-refractivity contribution in [3.05, 3.63) is 54.5 Å². The van der Waals surface area contributed by atoms with Crippen molar-refractivity contribution in [2.75, 3.05) is 6.26 Å². The van der Waals surface area contributed by atoms with Crippen LogP contribution in [-0.4, -0.2) is 26.3 Å². The molecule has 110 valence electrons. The highest BCUT2D eigenvalue weighted by Crippen LogP contribution is 2.27. The van der Waals surface area contributed by atoms with Gasteiger partial charge in [-0.1, -0.05) is 12.1 Å². The third-order valence-corrected chi connectivity index (χ3v) is 4.25. The lowest BCUT2D eigenvalue weighted by molar-refractivity contribution is 0.0996. The lowest BCUT2D eigenvalue weighted by atomic mass is 10.0. The molecule has 0 radical (unpaired) electrons. The number of aromatic nitrogens is 2. The second kappa shape index (κ2) is 5.65. The summed E-state index contributed by atoms with van der Waals surface area (Å²) in [5.41, 5.74) is 7.77. The Bertz CT molecular complexity index is 909. The Morgan fingerprint density at radius 3 is 2.73 bits per heavy atom. The van der Waals surface area contributed by atoms with E-state index in [0.29, 0.717) is 5.52 Å². The predicted octanol–water partition coefficient (Wildman–Crippen LogP) is 2.13. The van der Waals surface area contributed by atoms with Gasteiger partial charge in [-0.05, 0) is 29.8 Å². The van der Waals surface area contributed by atoms with Gasteiger partial charge in [0.2, 0.25) is 0 Å². The van der Waals surface area contributed by atoms with E-state index in [4.69, 9.17) is 5.73 Å². The van der Waals surface area contributed by atoms with Crippen LogP contribution in [0.15, 0.2) is 53.7 Å². The van der Waals surface area contributed by atoms with Crippen molar-refractivity contribution in [1.29, 1.82) is 0 Å². The summed E-state index contributed by atoms with van der Waals surface area (Å²) in [6.45, 7) is 0. The smallest absolute Gasteiger partial charge is 0.267 e. The zero-order valence-electron chi connectivity index (χ0n) is 11.8. The molecule has 0 saturated carbocycles. The summed E-state index contributed by atoms with van der Waals surface area (Å²) in [5, 5.41) is 0.811. The van der Waals surface area contributed by atoms with Gasteiger partial charge in [-0.15, -0.1) is 0 Å². The Morgan fingerprint density at radius 1 is 1.18 bits per heavy atom. The maximum atomic E-state index is 11.7. The maximum absolute atomic E-state index is 11.7. The van der Waals surface area contributed by atoms with Crippen LogP contribution in [-0.2, 0) is 10.8 Å². The fourth-order valence-electron chi connectivity index (χ4n) is 2.23. The molecule has 6 heteroatoms. The highest BCUT2D eigenvalue weighted by atomic mass is 32.2. The van der Waals surface area contributed by atoms with Crippen molar-refractivity contribution >= 4 is 27.6 Å². The molecule has 2 aromatic heterocycles. The minimum atomic E-state index is -1.07. The first-order valence-corrected chi connectivity index (χ1v) is 8.10. The van der Waals surface area contributed by atoms with Crippen molar-refractivity contribution in [3.63, 3.8) is 0 Å². The standard InChI is InChI=1S/C16H13N3O2S/c1-22(21)12-4-2-3-10(7-12)13-9-18-8-11-5-6-14(16(17)20)19-15(11)13/h2-9H,1H3,(H2,17,20). The highest BCUT2D eigenvalue weighted by Gasteiger charge is 2.10. The average Bonchev–Trinajstić information content (AvgIpc) is 2.53. The van der Waals surface area contributed by atoms with Crippen LogP contribution in [0.1, 0.15) is 10.5 Å². The van der Waals surface area contributed by atoms with Crippen molar-refractivity contribution in [2.45, 2.75) is 4.90 Å². The van der Waals surface area contributed by atoms with Crippen LogP contribution >= 0.6 is 0 Å².